The molecule has 0 aliphatic rings. The van der Waals surface area contributed by atoms with Crippen molar-refractivity contribution in [3.63, 3.8) is 0 Å². The van der Waals surface area contributed by atoms with Crippen LogP contribution in [0.1, 0.15) is 35.6 Å². The van der Waals surface area contributed by atoms with E-state index in [0.29, 0.717) is 5.75 Å². The van der Waals surface area contributed by atoms with Crippen LogP contribution in [-0.2, 0) is 10.5 Å². The van der Waals surface area contributed by atoms with Crippen LogP contribution >= 0.6 is 34.9 Å². The van der Waals surface area contributed by atoms with Crippen molar-refractivity contribution in [2.45, 2.75) is 48.5 Å². The van der Waals surface area contributed by atoms with Gasteiger partial charge >= 0.3 is 0 Å². The van der Waals surface area contributed by atoms with Crippen molar-refractivity contribution in [3.05, 3.63) is 34.4 Å². The first-order chi connectivity index (χ1) is 11.5. The molecule has 4 nitrogen and oxygen atoms in total. The number of benzene rings is 1. The van der Waals surface area contributed by atoms with Crippen LogP contribution in [0.4, 0.5) is 0 Å². The van der Waals surface area contributed by atoms with Crippen molar-refractivity contribution < 1.29 is 4.79 Å². The zero-order chi connectivity index (χ0) is 17.5. The Kier molecular flexibility index (Phi) is 7.58. The molecule has 0 aliphatic heterocycles. The third kappa shape index (κ3) is 5.79. The maximum atomic E-state index is 11.6. The summed E-state index contributed by atoms with van der Waals surface area (Å²) >= 11 is 4.71. The fourth-order valence-corrected chi connectivity index (χ4v) is 5.37. The summed E-state index contributed by atoms with van der Waals surface area (Å²) in [5, 5.41) is 11.3. The highest BCUT2D eigenvalue weighted by Gasteiger charge is 2.10. The molecule has 0 aliphatic carbocycles. The number of carbonyl (C=O) groups is 1. The van der Waals surface area contributed by atoms with Crippen molar-refractivity contribution >= 4 is 40.8 Å². The van der Waals surface area contributed by atoms with Gasteiger partial charge in [-0.05, 0) is 43.9 Å². The largest absolute Gasteiger partial charge is 0.355 e. The lowest BCUT2D eigenvalue weighted by molar-refractivity contribution is -0.118. The second-order valence-corrected chi connectivity index (χ2v) is 9.06. The number of aryl methyl sites for hydroxylation is 3. The molecule has 7 heteroatoms. The summed E-state index contributed by atoms with van der Waals surface area (Å²) in [6.07, 6.45) is 0.952. The van der Waals surface area contributed by atoms with Gasteiger partial charge < -0.3 is 5.32 Å². The number of nitrogens with zero attached hydrogens (tertiary/aromatic N) is 2. The molecule has 1 aromatic heterocycles. The quantitative estimate of drug-likeness (QED) is 0.688. The third-order valence-corrected chi connectivity index (χ3v) is 6.68. The molecule has 2 rings (SSSR count). The Labute approximate surface area is 156 Å². The average Bonchev–Trinajstić information content (AvgIpc) is 2.97. The Hall–Kier alpha value is -1.05. The van der Waals surface area contributed by atoms with Gasteiger partial charge in [0.1, 0.15) is 0 Å². The summed E-state index contributed by atoms with van der Waals surface area (Å²) in [5.74, 6) is 1.35. The topological polar surface area (TPSA) is 54.9 Å². The molecular weight excluding hydrogens is 358 g/mol. The molecule has 24 heavy (non-hydrogen) atoms. The summed E-state index contributed by atoms with van der Waals surface area (Å²) < 4.78 is 1.80. The second kappa shape index (κ2) is 9.44. The Morgan fingerprint density at radius 1 is 1.12 bits per heavy atom. The molecule has 1 heterocycles. The van der Waals surface area contributed by atoms with Crippen LogP contribution < -0.4 is 5.32 Å². The molecule has 1 amide bonds. The summed E-state index contributed by atoms with van der Waals surface area (Å²) in [6.45, 7) is 9.21. The van der Waals surface area contributed by atoms with E-state index in [9.17, 15) is 4.79 Å². The number of nitrogens with one attached hydrogen (secondary N) is 1. The lowest BCUT2D eigenvalue weighted by Crippen LogP contribution is -2.25. The van der Waals surface area contributed by atoms with Crippen molar-refractivity contribution in [1.82, 2.24) is 15.5 Å². The lowest BCUT2D eigenvalue weighted by atomic mass is 10.0. The zero-order valence-corrected chi connectivity index (χ0v) is 17.0. The van der Waals surface area contributed by atoms with Gasteiger partial charge in [0.2, 0.25) is 5.91 Å². The van der Waals surface area contributed by atoms with Gasteiger partial charge in [-0.3, -0.25) is 4.79 Å². The standard InChI is InChI=1S/C17H23N3OS3/c1-5-6-18-15(21)10-23-17-20-19-16(24-17)22-9-14-12(3)7-11(2)8-13(14)4/h7-8H,5-6,9-10H2,1-4H3,(H,18,21). The van der Waals surface area contributed by atoms with Crippen LogP contribution in [0.15, 0.2) is 20.8 Å². The minimum absolute atomic E-state index is 0.0529. The fourth-order valence-electron chi connectivity index (χ4n) is 2.33. The molecule has 0 saturated carbocycles. The minimum Gasteiger partial charge on any atom is -0.355 e. The SMILES string of the molecule is CCCNC(=O)CSc1nnc(SCc2c(C)cc(C)cc2C)s1. The van der Waals surface area contributed by atoms with Crippen LogP contribution in [0.3, 0.4) is 0 Å². The number of amides is 1. The monoisotopic (exact) mass is 381 g/mol. The molecule has 0 atom stereocenters. The van der Waals surface area contributed by atoms with E-state index in [-0.39, 0.29) is 5.91 Å². The van der Waals surface area contributed by atoms with Crippen LogP contribution in [0, 0.1) is 20.8 Å². The molecule has 1 N–H and O–H groups in total. The number of aromatic nitrogens is 2. The fraction of sp³-hybridized carbons (Fsp3) is 0.471. The molecule has 0 bridgehead atoms. The molecule has 2 aromatic rings. The highest BCUT2D eigenvalue weighted by atomic mass is 32.2. The summed E-state index contributed by atoms with van der Waals surface area (Å²) in [4.78, 5) is 11.6. The predicted octanol–water partition coefficient (Wildman–Crippen LogP) is 4.37. The van der Waals surface area contributed by atoms with Gasteiger partial charge in [0, 0.05) is 12.3 Å². The first kappa shape index (κ1) is 19.3. The Morgan fingerprint density at radius 3 is 2.38 bits per heavy atom. The number of thioether (sulfide) groups is 2. The van der Waals surface area contributed by atoms with Crippen LogP contribution in [0.25, 0.3) is 0 Å². The van der Waals surface area contributed by atoms with Gasteiger partial charge in [0.05, 0.1) is 5.75 Å². The van der Waals surface area contributed by atoms with Crippen LogP contribution in [0.2, 0.25) is 0 Å². The highest BCUT2D eigenvalue weighted by molar-refractivity contribution is 8.03. The van der Waals surface area contributed by atoms with Gasteiger partial charge in [-0.2, -0.15) is 0 Å². The molecule has 1 aromatic carbocycles. The maximum absolute atomic E-state index is 11.6. The normalized spacial score (nSPS) is 10.8. The number of carbonyl (C=O) groups excluding carboxylic acids is 1. The first-order valence-corrected chi connectivity index (χ1v) is 10.7. The van der Waals surface area contributed by atoms with Gasteiger partial charge in [-0.1, -0.05) is 59.5 Å². The molecule has 0 saturated heterocycles. The minimum atomic E-state index is 0.0529. The zero-order valence-electron chi connectivity index (χ0n) is 14.5. The maximum Gasteiger partial charge on any atom is 0.230 e. The Bertz CT molecular complexity index is 677. The van der Waals surface area contributed by atoms with E-state index in [0.717, 1.165) is 27.4 Å². The van der Waals surface area contributed by atoms with Crippen molar-refractivity contribution in [1.29, 1.82) is 0 Å². The van der Waals surface area contributed by atoms with Crippen molar-refractivity contribution in [3.8, 4) is 0 Å². The highest BCUT2D eigenvalue weighted by Crippen LogP contribution is 2.32. The van der Waals surface area contributed by atoms with E-state index >= 15 is 0 Å². The molecule has 0 radical (unpaired) electrons. The van der Waals surface area contributed by atoms with Crippen LogP contribution in [0.5, 0.6) is 0 Å². The van der Waals surface area contributed by atoms with Crippen molar-refractivity contribution in [2.24, 2.45) is 0 Å². The average molecular weight is 382 g/mol. The summed E-state index contributed by atoms with van der Waals surface area (Å²) in [6, 6.07) is 4.44. The smallest absolute Gasteiger partial charge is 0.230 e. The number of hydrogen-bond acceptors (Lipinski definition) is 6. The molecule has 0 fully saturated rings. The molecule has 0 unspecified atom stereocenters. The van der Waals surface area contributed by atoms with Gasteiger partial charge in [-0.15, -0.1) is 10.2 Å². The van der Waals surface area contributed by atoms with Gasteiger partial charge in [-0.25, -0.2) is 0 Å². The lowest BCUT2D eigenvalue weighted by Gasteiger charge is -2.09. The number of rotatable bonds is 8. The van der Waals surface area contributed by atoms with E-state index in [4.69, 9.17) is 0 Å². The van der Waals surface area contributed by atoms with Crippen LogP contribution in [-0.4, -0.2) is 28.4 Å². The van der Waals surface area contributed by atoms with E-state index in [1.165, 1.54) is 34.0 Å². The van der Waals surface area contributed by atoms with Gasteiger partial charge in [0.15, 0.2) is 8.68 Å². The van der Waals surface area contributed by atoms with E-state index in [1.807, 2.05) is 6.92 Å². The van der Waals surface area contributed by atoms with E-state index in [2.05, 4.69) is 48.4 Å². The third-order valence-electron chi connectivity index (χ3n) is 3.47. The Balaban J connectivity index is 1.87. The molecule has 130 valence electrons. The predicted molar refractivity (Wildman–Crippen MR) is 104 cm³/mol. The second-order valence-electron chi connectivity index (χ2n) is 5.64. The first-order valence-electron chi connectivity index (χ1n) is 7.92. The molecular formula is C17H23N3OS3. The van der Waals surface area contributed by atoms with E-state index < -0.39 is 0 Å². The Morgan fingerprint density at radius 2 is 1.75 bits per heavy atom. The summed E-state index contributed by atoms with van der Waals surface area (Å²) in [5.41, 5.74) is 5.32. The number of hydrogen-bond donors (Lipinski definition) is 1. The van der Waals surface area contributed by atoms with E-state index in [1.54, 1.807) is 23.1 Å². The van der Waals surface area contributed by atoms with Crippen molar-refractivity contribution in [2.75, 3.05) is 12.3 Å². The van der Waals surface area contributed by atoms with Gasteiger partial charge in [0.25, 0.3) is 0 Å². The molecule has 0 spiro atoms. The summed E-state index contributed by atoms with van der Waals surface area (Å²) in [7, 11) is 0.